The zero-order chi connectivity index (χ0) is 3.58. The monoisotopic (exact) mass is 96.1 g/mol. The van der Waals surface area contributed by atoms with Crippen LogP contribution in [0.15, 0.2) is 0 Å². The molecule has 0 unspecified atom stereocenters. The normalized spacial score (nSPS) is 6.00. The molecular formula is C4H14AlLi. The second-order valence-corrected chi connectivity index (χ2v) is 1.73. The van der Waals surface area contributed by atoms with Crippen LogP contribution in [-0.4, -0.2) is 36.2 Å². The third kappa shape index (κ3) is 68.5. The summed E-state index contributed by atoms with van der Waals surface area (Å²) in [6, 6.07) is 0. The van der Waals surface area contributed by atoms with Gasteiger partial charge in [-0.15, -0.1) is 0 Å². The molecule has 0 amide bonds. The molecule has 0 nitrogen and oxygen atoms in total. The molecule has 34 valence electrons. The maximum absolute atomic E-state index is 2.17. The standard InChI is InChI=1S/C4H10.Al.Li.4H/c1-4(2)3;;;;;;/h4H,1-3H3;;;;;;. The van der Waals surface area contributed by atoms with E-state index in [1.807, 2.05) is 0 Å². The minimum absolute atomic E-state index is 0. The van der Waals surface area contributed by atoms with E-state index in [4.69, 9.17) is 0 Å². The van der Waals surface area contributed by atoms with Crippen molar-refractivity contribution < 1.29 is 0 Å². The average molecular weight is 96.1 g/mol. The number of hydrogen-bond acceptors (Lipinski definition) is 0. The number of hydrogen-bond donors (Lipinski definition) is 0. The molecule has 0 bridgehead atoms. The van der Waals surface area contributed by atoms with Crippen LogP contribution < -0.4 is 0 Å². The predicted molar refractivity (Wildman–Crippen MR) is 37.6 cm³/mol. The Morgan fingerprint density at radius 2 is 1.00 bits per heavy atom. The first-order valence-corrected chi connectivity index (χ1v) is 1.73. The zero-order valence-corrected chi connectivity index (χ0v) is 3.58. The fourth-order valence-electron chi connectivity index (χ4n) is 0. The first-order valence-electron chi connectivity index (χ1n) is 1.73. The zero-order valence-electron chi connectivity index (χ0n) is 3.58. The first-order chi connectivity index (χ1) is 1.73. The van der Waals surface area contributed by atoms with Crippen molar-refractivity contribution in [1.82, 2.24) is 0 Å². The molecule has 0 aliphatic carbocycles. The van der Waals surface area contributed by atoms with E-state index in [1.54, 1.807) is 0 Å². The van der Waals surface area contributed by atoms with Gasteiger partial charge in [0, 0.05) is 0 Å². The van der Waals surface area contributed by atoms with Crippen molar-refractivity contribution in [3.63, 3.8) is 0 Å². The summed E-state index contributed by atoms with van der Waals surface area (Å²) >= 11 is 0. The molecule has 0 aromatic carbocycles. The molecular weight excluding hydrogens is 82.0 g/mol. The van der Waals surface area contributed by atoms with Crippen molar-refractivity contribution in [2.75, 3.05) is 0 Å². The second-order valence-electron chi connectivity index (χ2n) is 1.73. The van der Waals surface area contributed by atoms with Crippen LogP contribution in [0.1, 0.15) is 20.8 Å². The van der Waals surface area contributed by atoms with Crippen LogP contribution in [-0.2, 0) is 0 Å². The maximum atomic E-state index is 2.17. The van der Waals surface area contributed by atoms with Gasteiger partial charge in [-0.3, -0.25) is 0 Å². The number of rotatable bonds is 0. The van der Waals surface area contributed by atoms with Crippen LogP contribution in [0.5, 0.6) is 0 Å². The molecule has 2 heteroatoms. The molecule has 0 aliphatic rings. The summed E-state index contributed by atoms with van der Waals surface area (Å²) in [5, 5.41) is 0. The summed E-state index contributed by atoms with van der Waals surface area (Å²) in [5.74, 6) is 0.833. The van der Waals surface area contributed by atoms with E-state index < -0.39 is 0 Å². The van der Waals surface area contributed by atoms with Gasteiger partial charge in [0.1, 0.15) is 0 Å². The van der Waals surface area contributed by atoms with Crippen molar-refractivity contribution in [2.24, 2.45) is 5.92 Å². The fraction of sp³-hybridized carbons (Fsp3) is 1.00. The molecule has 0 saturated heterocycles. The summed E-state index contributed by atoms with van der Waals surface area (Å²) < 4.78 is 0. The summed E-state index contributed by atoms with van der Waals surface area (Å²) in [5.41, 5.74) is 0. The molecule has 0 aromatic rings. The summed E-state index contributed by atoms with van der Waals surface area (Å²) in [4.78, 5) is 0. The van der Waals surface area contributed by atoms with Crippen LogP contribution in [0.3, 0.4) is 0 Å². The van der Waals surface area contributed by atoms with E-state index in [2.05, 4.69) is 20.8 Å². The summed E-state index contributed by atoms with van der Waals surface area (Å²) in [6.45, 7) is 6.50. The molecule has 0 aromatic heterocycles. The molecule has 0 N–H and O–H groups in total. The van der Waals surface area contributed by atoms with Gasteiger partial charge in [0.05, 0.1) is 0 Å². The Morgan fingerprint density at radius 1 is 1.00 bits per heavy atom. The molecule has 0 atom stereocenters. The van der Waals surface area contributed by atoms with Crippen molar-refractivity contribution in [3.05, 3.63) is 0 Å². The van der Waals surface area contributed by atoms with Gasteiger partial charge in [-0.25, -0.2) is 0 Å². The molecule has 6 heavy (non-hydrogen) atoms. The Balaban J connectivity index is -0.0000000450. The molecule has 0 rings (SSSR count). The van der Waals surface area contributed by atoms with Gasteiger partial charge in [-0.05, 0) is 5.92 Å². The van der Waals surface area contributed by atoms with Crippen molar-refractivity contribution in [2.45, 2.75) is 20.8 Å². The van der Waals surface area contributed by atoms with Gasteiger partial charge < -0.3 is 0 Å². The van der Waals surface area contributed by atoms with Crippen LogP contribution in [0, 0.1) is 5.92 Å². The Kier molecular flexibility index (Phi) is 24.8. The van der Waals surface area contributed by atoms with Crippen molar-refractivity contribution in [1.29, 1.82) is 0 Å². The molecule has 0 spiro atoms. The molecule has 0 saturated carbocycles. The van der Waals surface area contributed by atoms with Crippen LogP contribution >= 0.6 is 0 Å². The third-order valence-corrected chi connectivity index (χ3v) is 0. The van der Waals surface area contributed by atoms with E-state index in [9.17, 15) is 0 Å². The second kappa shape index (κ2) is 9.46. The van der Waals surface area contributed by atoms with Crippen molar-refractivity contribution in [3.8, 4) is 0 Å². The average Bonchev–Trinajstić information content (AvgIpc) is 0.811. The van der Waals surface area contributed by atoms with Gasteiger partial charge in [-0.2, -0.15) is 0 Å². The SMILES string of the molecule is CC(C)C.[AlH3].[LiH]. The molecule has 0 radical (unpaired) electrons. The summed E-state index contributed by atoms with van der Waals surface area (Å²) in [6.07, 6.45) is 0. The Bertz CT molecular complexity index is 12.3. The predicted octanol–water partition coefficient (Wildman–Crippen LogP) is -0.170. The van der Waals surface area contributed by atoms with Gasteiger partial charge in [0.15, 0.2) is 17.4 Å². The van der Waals surface area contributed by atoms with E-state index in [-0.39, 0.29) is 36.2 Å². The first kappa shape index (κ1) is 15.7. The van der Waals surface area contributed by atoms with Crippen LogP contribution in [0.25, 0.3) is 0 Å². The van der Waals surface area contributed by atoms with Crippen LogP contribution in [0.2, 0.25) is 0 Å². The van der Waals surface area contributed by atoms with Gasteiger partial charge in [-0.1, -0.05) is 20.8 Å². The molecule has 0 aliphatic heterocycles. The van der Waals surface area contributed by atoms with E-state index in [0.717, 1.165) is 5.92 Å². The Labute approximate surface area is 63.0 Å². The topological polar surface area (TPSA) is 0 Å². The van der Waals surface area contributed by atoms with Gasteiger partial charge >= 0.3 is 18.9 Å². The quantitative estimate of drug-likeness (QED) is 0.367. The van der Waals surface area contributed by atoms with Crippen molar-refractivity contribution >= 4 is 36.2 Å². The van der Waals surface area contributed by atoms with Gasteiger partial charge in [0.25, 0.3) is 0 Å². The van der Waals surface area contributed by atoms with Gasteiger partial charge in [0.2, 0.25) is 0 Å². The minimum atomic E-state index is 0. The van der Waals surface area contributed by atoms with E-state index >= 15 is 0 Å². The molecule has 0 fully saturated rings. The van der Waals surface area contributed by atoms with Crippen LogP contribution in [0.4, 0.5) is 0 Å². The molecule has 0 heterocycles. The third-order valence-electron chi connectivity index (χ3n) is 0. The Hall–Kier alpha value is 1.13. The van der Waals surface area contributed by atoms with E-state index in [1.165, 1.54) is 0 Å². The Morgan fingerprint density at radius 3 is 1.00 bits per heavy atom. The fourth-order valence-corrected chi connectivity index (χ4v) is 0. The van der Waals surface area contributed by atoms with E-state index in [0.29, 0.717) is 0 Å². The summed E-state index contributed by atoms with van der Waals surface area (Å²) in [7, 11) is 0.